The van der Waals surface area contributed by atoms with Crippen molar-refractivity contribution in [2.45, 2.75) is 124 Å². The smallest absolute Gasteiger partial charge is 0.0129 e. The molecule has 31 heavy (non-hydrogen) atoms. The Bertz CT molecular complexity index is 867. The van der Waals surface area contributed by atoms with Crippen LogP contribution in [0, 0.1) is 0 Å². The molecule has 0 fully saturated rings. The van der Waals surface area contributed by atoms with Gasteiger partial charge in [0.1, 0.15) is 0 Å². The Hall–Kier alpha value is -1.56. The van der Waals surface area contributed by atoms with Crippen LogP contribution >= 0.6 is 0 Å². The highest BCUT2D eigenvalue weighted by Gasteiger charge is 2.26. The molecule has 0 nitrogen and oxygen atoms in total. The normalized spacial score (nSPS) is 14.6. The molecule has 2 aromatic rings. The summed E-state index contributed by atoms with van der Waals surface area (Å²) in [5, 5.41) is 0. The van der Waals surface area contributed by atoms with E-state index in [0.717, 1.165) is 6.42 Å². The van der Waals surface area contributed by atoms with Crippen LogP contribution in [0.2, 0.25) is 0 Å². The van der Waals surface area contributed by atoms with Crippen LogP contribution in [0.3, 0.4) is 0 Å². The lowest BCUT2D eigenvalue weighted by Gasteiger charge is -2.31. The van der Waals surface area contributed by atoms with E-state index in [1.54, 1.807) is 0 Å². The van der Waals surface area contributed by atoms with Gasteiger partial charge in [0.2, 0.25) is 0 Å². The molecule has 0 bridgehead atoms. The minimum Gasteiger partial charge on any atom is -0.0587 e. The first-order chi connectivity index (χ1) is 13.8. The minimum atomic E-state index is 0.146. The summed E-state index contributed by atoms with van der Waals surface area (Å²) in [5.74, 6) is 0.483. The highest BCUT2D eigenvalue weighted by Crippen LogP contribution is 2.37. The third-order valence-electron chi connectivity index (χ3n) is 6.50. The molecule has 0 heterocycles. The molecule has 0 spiro atoms. The third-order valence-corrected chi connectivity index (χ3v) is 6.50. The van der Waals surface area contributed by atoms with E-state index in [2.05, 4.69) is 126 Å². The maximum absolute atomic E-state index is 2.48. The minimum absolute atomic E-state index is 0.146. The van der Waals surface area contributed by atoms with Crippen molar-refractivity contribution in [2.75, 3.05) is 0 Å². The fraction of sp³-hybridized carbons (Fsp3) is 0.613. The summed E-state index contributed by atoms with van der Waals surface area (Å²) in [7, 11) is 0. The molecule has 0 N–H and O–H groups in total. The molecule has 0 aromatic heterocycles. The molecular formula is C31H48. The van der Waals surface area contributed by atoms with Crippen LogP contribution in [-0.4, -0.2) is 0 Å². The predicted octanol–water partition coefficient (Wildman–Crippen LogP) is 9.22. The number of benzene rings is 2. The van der Waals surface area contributed by atoms with Gasteiger partial charge in [0.05, 0.1) is 0 Å². The Kier molecular flexibility index (Phi) is 6.98. The van der Waals surface area contributed by atoms with Crippen molar-refractivity contribution in [1.82, 2.24) is 0 Å². The summed E-state index contributed by atoms with van der Waals surface area (Å²) in [6.45, 7) is 30.3. The standard InChI is InChI=1S/C31H48/c1-21(23-18-24(28(2,3)4)20-25(19-23)29(5,6)7)16-22-14-15-26(30(8,9)10)27(17-22)31(11,12)13/h14-15,17-21H,16H2,1-13H3. The van der Waals surface area contributed by atoms with Gasteiger partial charge in [-0.3, -0.25) is 0 Å². The molecule has 0 saturated heterocycles. The van der Waals surface area contributed by atoms with Gasteiger partial charge in [0.15, 0.2) is 0 Å². The summed E-state index contributed by atoms with van der Waals surface area (Å²) >= 11 is 0. The fourth-order valence-electron chi connectivity index (χ4n) is 4.27. The van der Waals surface area contributed by atoms with Gasteiger partial charge in [-0.2, -0.15) is 0 Å². The summed E-state index contributed by atoms with van der Waals surface area (Å²) in [4.78, 5) is 0. The Morgan fingerprint density at radius 1 is 0.548 bits per heavy atom. The molecule has 0 amide bonds. The maximum Gasteiger partial charge on any atom is -0.0129 e. The van der Waals surface area contributed by atoms with Gasteiger partial charge in [0, 0.05) is 0 Å². The monoisotopic (exact) mass is 420 g/mol. The van der Waals surface area contributed by atoms with Crippen LogP contribution in [0.5, 0.6) is 0 Å². The van der Waals surface area contributed by atoms with Crippen LogP contribution < -0.4 is 0 Å². The highest BCUT2D eigenvalue weighted by atomic mass is 14.3. The Morgan fingerprint density at radius 3 is 1.39 bits per heavy atom. The molecule has 0 aliphatic rings. The second-order valence-corrected chi connectivity index (χ2v) is 13.8. The van der Waals surface area contributed by atoms with Gasteiger partial charge in [0.25, 0.3) is 0 Å². The zero-order valence-electron chi connectivity index (χ0n) is 22.7. The maximum atomic E-state index is 2.48. The van der Waals surface area contributed by atoms with E-state index in [0.29, 0.717) is 5.92 Å². The van der Waals surface area contributed by atoms with Gasteiger partial charge in [-0.25, -0.2) is 0 Å². The number of hydrogen-bond acceptors (Lipinski definition) is 0. The van der Waals surface area contributed by atoms with Crippen molar-refractivity contribution in [3.8, 4) is 0 Å². The zero-order chi connectivity index (χ0) is 24.0. The van der Waals surface area contributed by atoms with Crippen molar-refractivity contribution in [3.05, 3.63) is 69.8 Å². The molecule has 1 unspecified atom stereocenters. The van der Waals surface area contributed by atoms with E-state index < -0.39 is 0 Å². The quantitative estimate of drug-likeness (QED) is 0.464. The molecule has 0 aliphatic heterocycles. The topological polar surface area (TPSA) is 0 Å². The summed E-state index contributed by atoms with van der Waals surface area (Å²) in [6.07, 6.45) is 1.07. The third kappa shape index (κ3) is 6.47. The first kappa shape index (κ1) is 25.7. The lowest BCUT2D eigenvalue weighted by molar-refractivity contribution is 0.529. The molecule has 2 rings (SSSR count). The molecular weight excluding hydrogens is 372 g/mol. The summed E-state index contributed by atoms with van der Waals surface area (Å²) in [5.41, 5.74) is 9.39. The van der Waals surface area contributed by atoms with Crippen LogP contribution in [-0.2, 0) is 28.1 Å². The van der Waals surface area contributed by atoms with Gasteiger partial charge in [-0.1, -0.05) is 126 Å². The molecule has 0 radical (unpaired) electrons. The summed E-state index contributed by atoms with van der Waals surface area (Å²) < 4.78 is 0. The van der Waals surface area contributed by atoms with Crippen LogP contribution in [0.25, 0.3) is 0 Å². The molecule has 1 atom stereocenters. The van der Waals surface area contributed by atoms with E-state index in [-0.39, 0.29) is 21.7 Å². The van der Waals surface area contributed by atoms with Crippen molar-refractivity contribution < 1.29 is 0 Å². The largest absolute Gasteiger partial charge is 0.0587 e. The first-order valence-electron chi connectivity index (χ1n) is 12.1. The van der Waals surface area contributed by atoms with E-state index in [9.17, 15) is 0 Å². The Morgan fingerprint density at radius 2 is 1.00 bits per heavy atom. The van der Waals surface area contributed by atoms with Gasteiger partial charge in [-0.05, 0) is 67.4 Å². The highest BCUT2D eigenvalue weighted by molar-refractivity contribution is 5.43. The van der Waals surface area contributed by atoms with Crippen molar-refractivity contribution in [1.29, 1.82) is 0 Å². The SMILES string of the molecule is CC(Cc1ccc(C(C)(C)C)c(C(C)(C)C)c1)c1cc(C(C)(C)C)cc(C(C)(C)C)c1. The summed E-state index contributed by atoms with van der Waals surface area (Å²) in [6, 6.07) is 14.6. The van der Waals surface area contributed by atoms with Crippen LogP contribution in [0.1, 0.15) is 129 Å². The molecule has 0 aliphatic carbocycles. The second kappa shape index (κ2) is 8.42. The first-order valence-corrected chi connectivity index (χ1v) is 12.1. The predicted molar refractivity (Wildman–Crippen MR) is 140 cm³/mol. The lowest BCUT2D eigenvalue weighted by atomic mass is 9.74. The van der Waals surface area contributed by atoms with E-state index >= 15 is 0 Å². The van der Waals surface area contributed by atoms with Crippen molar-refractivity contribution in [2.24, 2.45) is 0 Å². The molecule has 0 saturated carbocycles. The number of rotatable bonds is 3. The average Bonchev–Trinajstić information content (AvgIpc) is 2.58. The number of hydrogen-bond donors (Lipinski definition) is 0. The van der Waals surface area contributed by atoms with Crippen LogP contribution in [0.4, 0.5) is 0 Å². The van der Waals surface area contributed by atoms with Crippen molar-refractivity contribution >= 4 is 0 Å². The van der Waals surface area contributed by atoms with Gasteiger partial charge < -0.3 is 0 Å². The average molecular weight is 421 g/mol. The van der Waals surface area contributed by atoms with E-state index in [1.807, 2.05) is 0 Å². The van der Waals surface area contributed by atoms with Crippen LogP contribution in [0.15, 0.2) is 36.4 Å². The molecule has 172 valence electrons. The molecule has 0 heteroatoms. The van der Waals surface area contributed by atoms with Crippen molar-refractivity contribution in [3.63, 3.8) is 0 Å². The van der Waals surface area contributed by atoms with Gasteiger partial charge >= 0.3 is 0 Å². The zero-order valence-corrected chi connectivity index (χ0v) is 22.7. The fourth-order valence-corrected chi connectivity index (χ4v) is 4.27. The Balaban J connectivity index is 2.49. The lowest BCUT2D eigenvalue weighted by Crippen LogP contribution is -2.22. The Labute approximate surface area is 193 Å². The van der Waals surface area contributed by atoms with E-state index in [4.69, 9.17) is 0 Å². The molecule has 2 aromatic carbocycles. The van der Waals surface area contributed by atoms with E-state index in [1.165, 1.54) is 33.4 Å². The van der Waals surface area contributed by atoms with Gasteiger partial charge in [-0.15, -0.1) is 0 Å². The second-order valence-electron chi connectivity index (χ2n) is 13.8.